The molecule has 6 heteroatoms. The molecule has 0 fully saturated rings. The van der Waals surface area contributed by atoms with Crippen molar-refractivity contribution >= 4 is 22.9 Å². The minimum absolute atomic E-state index is 0.115. The van der Waals surface area contributed by atoms with Crippen LogP contribution in [-0.4, -0.2) is 22.1 Å². The molecular weight excluding hydrogens is 270 g/mol. The molecule has 0 saturated carbocycles. The topological polar surface area (TPSA) is 47.9 Å². The number of thiazole rings is 1. The van der Waals surface area contributed by atoms with Crippen molar-refractivity contribution in [2.24, 2.45) is 0 Å². The largest absolute Gasteiger partial charge is 0.481 e. The lowest BCUT2D eigenvalue weighted by molar-refractivity contribution is 0.396. The summed E-state index contributed by atoms with van der Waals surface area (Å²) in [6.07, 6.45) is 2.13. The van der Waals surface area contributed by atoms with E-state index in [0.717, 1.165) is 21.3 Å². The number of nitrogens with zero attached hydrogens (tertiary/aromatic N) is 3. The van der Waals surface area contributed by atoms with Gasteiger partial charge in [-0.3, -0.25) is 0 Å². The van der Waals surface area contributed by atoms with Gasteiger partial charge < -0.3 is 4.74 Å². The van der Waals surface area contributed by atoms with Crippen molar-refractivity contribution in [3.63, 3.8) is 0 Å². The molecule has 0 N–H and O–H groups in total. The number of hydrogen-bond donors (Lipinski definition) is 0. The Morgan fingerprint density at radius 2 is 2.17 bits per heavy atom. The minimum atomic E-state index is -0.115. The number of alkyl halides is 1. The van der Waals surface area contributed by atoms with Crippen molar-refractivity contribution in [3.8, 4) is 5.88 Å². The molecule has 0 aliphatic heterocycles. The predicted octanol–water partition coefficient (Wildman–Crippen LogP) is 3.08. The number of methoxy groups -OCH3 is 1. The summed E-state index contributed by atoms with van der Waals surface area (Å²) in [5.74, 6) is 0.557. The summed E-state index contributed by atoms with van der Waals surface area (Å²) in [6.45, 7) is 3.97. The van der Waals surface area contributed by atoms with Crippen LogP contribution in [0.3, 0.4) is 0 Å². The Labute approximate surface area is 115 Å². The summed E-state index contributed by atoms with van der Waals surface area (Å²) in [6, 6.07) is 1.80. The Balaban J connectivity index is 2.15. The number of hydrogen-bond acceptors (Lipinski definition) is 5. The molecule has 1 atom stereocenters. The van der Waals surface area contributed by atoms with Crippen LogP contribution in [0.4, 0.5) is 0 Å². The Morgan fingerprint density at radius 1 is 1.39 bits per heavy atom. The van der Waals surface area contributed by atoms with Crippen molar-refractivity contribution in [2.45, 2.75) is 25.6 Å². The second kappa shape index (κ2) is 5.63. The lowest BCUT2D eigenvalue weighted by Gasteiger charge is -2.08. The number of ether oxygens (including phenoxy) is 1. The van der Waals surface area contributed by atoms with Gasteiger partial charge in [0, 0.05) is 23.1 Å². The molecule has 2 aromatic rings. The summed E-state index contributed by atoms with van der Waals surface area (Å²) in [4.78, 5) is 13.7. The fourth-order valence-corrected chi connectivity index (χ4v) is 3.07. The number of rotatable bonds is 4. The zero-order valence-electron chi connectivity index (χ0n) is 10.5. The highest BCUT2D eigenvalue weighted by Gasteiger charge is 2.16. The number of halogens is 1. The van der Waals surface area contributed by atoms with Crippen LogP contribution in [0.2, 0.25) is 0 Å². The van der Waals surface area contributed by atoms with Crippen LogP contribution >= 0.6 is 22.9 Å². The summed E-state index contributed by atoms with van der Waals surface area (Å²) < 4.78 is 5.07. The predicted molar refractivity (Wildman–Crippen MR) is 72.5 cm³/mol. The third-order valence-electron chi connectivity index (χ3n) is 2.52. The van der Waals surface area contributed by atoms with E-state index in [9.17, 15) is 0 Å². The first-order valence-corrected chi connectivity index (χ1v) is 6.78. The zero-order valence-corrected chi connectivity index (χ0v) is 12.0. The monoisotopic (exact) mass is 283 g/mol. The van der Waals surface area contributed by atoms with E-state index in [1.54, 1.807) is 24.5 Å². The average molecular weight is 284 g/mol. The highest BCUT2D eigenvalue weighted by Crippen LogP contribution is 2.32. The molecule has 2 heterocycles. The van der Waals surface area contributed by atoms with Gasteiger partial charge in [-0.2, -0.15) is 0 Å². The van der Waals surface area contributed by atoms with E-state index in [4.69, 9.17) is 16.3 Å². The molecular formula is C12H14ClN3OS. The lowest BCUT2D eigenvalue weighted by atomic mass is 10.2. The minimum Gasteiger partial charge on any atom is -0.481 e. The molecule has 0 saturated heterocycles. The van der Waals surface area contributed by atoms with Gasteiger partial charge in [0.2, 0.25) is 5.88 Å². The molecule has 96 valence electrons. The van der Waals surface area contributed by atoms with Gasteiger partial charge in [-0.15, -0.1) is 22.9 Å². The van der Waals surface area contributed by atoms with Gasteiger partial charge in [0.05, 0.1) is 23.2 Å². The van der Waals surface area contributed by atoms with Crippen LogP contribution in [0.15, 0.2) is 12.4 Å². The highest BCUT2D eigenvalue weighted by atomic mass is 35.5. The molecule has 2 rings (SSSR count). The Hall–Kier alpha value is -1.20. The van der Waals surface area contributed by atoms with Gasteiger partial charge in [0.15, 0.2) is 0 Å². The van der Waals surface area contributed by atoms with Crippen LogP contribution in [0.25, 0.3) is 0 Å². The normalized spacial score (nSPS) is 12.4. The van der Waals surface area contributed by atoms with E-state index >= 15 is 0 Å². The molecule has 0 aliphatic carbocycles. The van der Waals surface area contributed by atoms with E-state index < -0.39 is 0 Å². The summed E-state index contributed by atoms with van der Waals surface area (Å²) in [5, 5.41) is 0.921. The zero-order chi connectivity index (χ0) is 13.1. The molecule has 1 unspecified atom stereocenters. The fourth-order valence-electron chi connectivity index (χ4n) is 1.71. The van der Waals surface area contributed by atoms with Gasteiger partial charge >= 0.3 is 0 Å². The maximum Gasteiger partial charge on any atom is 0.216 e. The first kappa shape index (κ1) is 13.2. The quantitative estimate of drug-likeness (QED) is 0.809. The highest BCUT2D eigenvalue weighted by molar-refractivity contribution is 7.12. The van der Waals surface area contributed by atoms with E-state index in [0.29, 0.717) is 12.3 Å². The third-order valence-corrected chi connectivity index (χ3v) is 4.21. The molecule has 18 heavy (non-hydrogen) atoms. The lowest BCUT2D eigenvalue weighted by Crippen LogP contribution is -1.99. The van der Waals surface area contributed by atoms with Gasteiger partial charge in [-0.05, 0) is 13.8 Å². The SMILES string of the molecule is COc1cc(CC(Cl)c2sc(C)nc2C)ncn1. The molecule has 0 aliphatic rings. The summed E-state index contributed by atoms with van der Waals surface area (Å²) in [7, 11) is 1.58. The van der Waals surface area contributed by atoms with Crippen LogP contribution in [-0.2, 0) is 6.42 Å². The Bertz CT molecular complexity index is 544. The maximum atomic E-state index is 6.42. The molecule has 0 amide bonds. The molecule has 4 nitrogen and oxygen atoms in total. The van der Waals surface area contributed by atoms with Crippen molar-refractivity contribution in [3.05, 3.63) is 33.7 Å². The van der Waals surface area contributed by atoms with Gasteiger partial charge in [-0.1, -0.05) is 0 Å². The van der Waals surface area contributed by atoms with Crippen LogP contribution in [0.5, 0.6) is 5.88 Å². The van der Waals surface area contributed by atoms with E-state index in [1.807, 2.05) is 13.8 Å². The number of aromatic nitrogens is 3. The second-order valence-corrected chi connectivity index (χ2v) is 5.67. The van der Waals surface area contributed by atoms with Crippen LogP contribution in [0, 0.1) is 13.8 Å². The van der Waals surface area contributed by atoms with Crippen molar-refractivity contribution in [1.29, 1.82) is 0 Å². The molecule has 0 radical (unpaired) electrons. The summed E-state index contributed by atoms with van der Waals surface area (Å²) >= 11 is 8.06. The van der Waals surface area contributed by atoms with Gasteiger partial charge in [-0.25, -0.2) is 15.0 Å². The molecule has 2 aromatic heterocycles. The smallest absolute Gasteiger partial charge is 0.216 e. The first-order valence-electron chi connectivity index (χ1n) is 5.53. The molecule has 0 spiro atoms. The van der Waals surface area contributed by atoms with E-state index in [2.05, 4.69) is 15.0 Å². The second-order valence-electron chi connectivity index (χ2n) is 3.91. The molecule has 0 aromatic carbocycles. The first-order chi connectivity index (χ1) is 8.60. The van der Waals surface area contributed by atoms with Gasteiger partial charge in [0.25, 0.3) is 0 Å². The third kappa shape index (κ3) is 2.97. The fraction of sp³-hybridized carbons (Fsp3) is 0.417. The Morgan fingerprint density at radius 3 is 2.78 bits per heavy atom. The summed E-state index contributed by atoms with van der Waals surface area (Å²) in [5.41, 5.74) is 1.87. The van der Waals surface area contributed by atoms with Crippen molar-refractivity contribution in [1.82, 2.24) is 15.0 Å². The van der Waals surface area contributed by atoms with Gasteiger partial charge in [0.1, 0.15) is 6.33 Å². The van der Waals surface area contributed by atoms with Crippen molar-refractivity contribution in [2.75, 3.05) is 7.11 Å². The van der Waals surface area contributed by atoms with E-state index in [1.165, 1.54) is 6.33 Å². The van der Waals surface area contributed by atoms with Crippen LogP contribution < -0.4 is 4.74 Å². The van der Waals surface area contributed by atoms with E-state index in [-0.39, 0.29) is 5.38 Å². The molecule has 0 bridgehead atoms. The van der Waals surface area contributed by atoms with Crippen LogP contribution in [0.1, 0.15) is 26.6 Å². The average Bonchev–Trinajstić information content (AvgIpc) is 2.69. The standard InChI is InChI=1S/C12H14ClN3OS/c1-7-12(18-8(2)16-7)10(13)4-9-5-11(17-3)15-6-14-9/h5-6,10H,4H2,1-3H3. The Kier molecular flexibility index (Phi) is 4.14. The van der Waals surface area contributed by atoms with Crippen molar-refractivity contribution < 1.29 is 4.74 Å². The number of aryl methyl sites for hydroxylation is 2. The maximum absolute atomic E-state index is 6.42.